The van der Waals surface area contributed by atoms with Gasteiger partial charge >= 0.3 is 0 Å². The second-order valence-corrected chi connectivity index (χ2v) is 5.61. The summed E-state index contributed by atoms with van der Waals surface area (Å²) in [6.07, 6.45) is 0.0642. The summed E-state index contributed by atoms with van der Waals surface area (Å²) in [4.78, 5) is 24.8. The number of amides is 1. The van der Waals surface area contributed by atoms with E-state index in [1.165, 1.54) is 19.2 Å². The van der Waals surface area contributed by atoms with Gasteiger partial charge in [-0.2, -0.15) is 0 Å². The summed E-state index contributed by atoms with van der Waals surface area (Å²) in [5.41, 5.74) is -0.0316. The lowest BCUT2D eigenvalue weighted by molar-refractivity contribution is -0.384. The summed E-state index contributed by atoms with van der Waals surface area (Å²) in [5, 5.41) is 13.7. The molecule has 0 radical (unpaired) electrons. The number of nitro benzene ring substituents is 1. The van der Waals surface area contributed by atoms with Crippen LogP contribution in [0.25, 0.3) is 0 Å². The Labute approximate surface area is 134 Å². The predicted octanol–water partition coefficient (Wildman–Crippen LogP) is 1.65. The van der Waals surface area contributed by atoms with Gasteiger partial charge in [-0.1, -0.05) is 0 Å². The van der Waals surface area contributed by atoms with E-state index in [2.05, 4.69) is 5.32 Å². The maximum atomic E-state index is 12.2. The molecule has 0 spiro atoms. The van der Waals surface area contributed by atoms with Crippen molar-refractivity contribution >= 4 is 17.3 Å². The lowest BCUT2D eigenvalue weighted by atomic mass is 10.2. The molecule has 1 fully saturated rings. The molecule has 23 heavy (non-hydrogen) atoms. The van der Waals surface area contributed by atoms with Crippen molar-refractivity contribution in [2.45, 2.75) is 26.0 Å². The Balaban J connectivity index is 2.06. The van der Waals surface area contributed by atoms with Crippen molar-refractivity contribution in [1.29, 1.82) is 0 Å². The topological polar surface area (TPSA) is 93.9 Å². The first-order chi connectivity index (χ1) is 10.9. The molecule has 1 N–H and O–H groups in total. The first-order valence-corrected chi connectivity index (χ1v) is 7.38. The second-order valence-electron chi connectivity index (χ2n) is 5.61. The Morgan fingerprint density at radius 2 is 2.26 bits per heavy atom. The Morgan fingerprint density at radius 1 is 1.52 bits per heavy atom. The number of benzene rings is 1. The summed E-state index contributed by atoms with van der Waals surface area (Å²) in [6.45, 7) is 5.31. The minimum Gasteiger partial charge on any atom is -0.496 e. The van der Waals surface area contributed by atoms with Crippen LogP contribution in [0.5, 0.6) is 5.75 Å². The molecule has 2 unspecified atom stereocenters. The number of methoxy groups -OCH3 is 1. The number of ether oxygens (including phenoxy) is 2. The van der Waals surface area contributed by atoms with Crippen molar-refractivity contribution in [3.63, 3.8) is 0 Å². The number of carbonyl (C=O) groups excluding carboxylic acids is 1. The minimum atomic E-state index is -0.544. The van der Waals surface area contributed by atoms with Gasteiger partial charge in [-0.15, -0.1) is 0 Å². The smallest absolute Gasteiger partial charge is 0.296 e. The summed E-state index contributed by atoms with van der Waals surface area (Å²) in [6, 6.07) is 4.46. The third-order valence-electron chi connectivity index (χ3n) is 3.76. The molecule has 1 aliphatic rings. The van der Waals surface area contributed by atoms with Gasteiger partial charge in [0.2, 0.25) is 5.91 Å². The fraction of sp³-hybridized carbons (Fsp3) is 0.533. The van der Waals surface area contributed by atoms with Gasteiger partial charge in [-0.3, -0.25) is 19.8 Å². The molecule has 0 bridgehead atoms. The van der Waals surface area contributed by atoms with Crippen molar-refractivity contribution in [1.82, 2.24) is 4.90 Å². The first kappa shape index (κ1) is 17.2. The average Bonchev–Trinajstić information content (AvgIpc) is 2.51. The van der Waals surface area contributed by atoms with E-state index in [-0.39, 0.29) is 36.0 Å². The van der Waals surface area contributed by atoms with Gasteiger partial charge in [0.05, 0.1) is 37.4 Å². The van der Waals surface area contributed by atoms with Crippen LogP contribution in [0.1, 0.15) is 13.8 Å². The van der Waals surface area contributed by atoms with Crippen molar-refractivity contribution in [2.24, 2.45) is 0 Å². The van der Waals surface area contributed by atoms with E-state index in [1.807, 2.05) is 18.7 Å². The third-order valence-corrected chi connectivity index (χ3v) is 3.76. The van der Waals surface area contributed by atoms with Crippen molar-refractivity contribution in [2.75, 3.05) is 32.1 Å². The molecular weight excluding hydrogens is 302 g/mol. The van der Waals surface area contributed by atoms with Gasteiger partial charge in [0, 0.05) is 12.6 Å². The normalized spacial score (nSPS) is 21.7. The van der Waals surface area contributed by atoms with E-state index in [4.69, 9.17) is 9.47 Å². The molecule has 1 saturated heterocycles. The van der Waals surface area contributed by atoms with E-state index >= 15 is 0 Å². The highest BCUT2D eigenvalue weighted by molar-refractivity contribution is 5.94. The van der Waals surface area contributed by atoms with Gasteiger partial charge < -0.3 is 14.8 Å². The molecule has 1 aromatic carbocycles. The van der Waals surface area contributed by atoms with Crippen LogP contribution in [0.2, 0.25) is 0 Å². The number of nitrogens with one attached hydrogen (secondary N) is 1. The molecule has 1 aliphatic heterocycles. The molecule has 126 valence electrons. The zero-order valence-electron chi connectivity index (χ0n) is 13.4. The number of nitrogens with zero attached hydrogens (tertiary/aromatic N) is 2. The van der Waals surface area contributed by atoms with E-state index < -0.39 is 4.92 Å². The molecule has 0 aromatic heterocycles. The predicted molar refractivity (Wildman–Crippen MR) is 84.7 cm³/mol. The number of anilines is 1. The maximum Gasteiger partial charge on any atom is 0.296 e. The highest BCUT2D eigenvalue weighted by Gasteiger charge is 2.26. The SMILES string of the molecule is COc1ccc(NC(=O)CN2CC(C)OCC2C)c([N+](=O)[O-])c1. The molecule has 0 saturated carbocycles. The number of rotatable bonds is 5. The number of hydrogen-bond acceptors (Lipinski definition) is 6. The number of nitro groups is 1. The molecular formula is C15H21N3O5. The van der Waals surface area contributed by atoms with E-state index in [9.17, 15) is 14.9 Å². The summed E-state index contributed by atoms with van der Waals surface area (Å²) < 4.78 is 10.5. The molecule has 8 nitrogen and oxygen atoms in total. The highest BCUT2D eigenvalue weighted by Crippen LogP contribution is 2.29. The second kappa shape index (κ2) is 7.38. The highest BCUT2D eigenvalue weighted by atomic mass is 16.6. The molecule has 1 aromatic rings. The number of carbonyl (C=O) groups is 1. The number of morpholine rings is 1. The maximum absolute atomic E-state index is 12.2. The Bertz CT molecular complexity index is 592. The van der Waals surface area contributed by atoms with E-state index in [1.54, 1.807) is 6.07 Å². The largest absolute Gasteiger partial charge is 0.496 e. The Kier molecular flexibility index (Phi) is 5.51. The first-order valence-electron chi connectivity index (χ1n) is 7.38. The summed E-state index contributed by atoms with van der Waals surface area (Å²) in [5.74, 6) is 0.0737. The lowest BCUT2D eigenvalue weighted by Gasteiger charge is -2.36. The molecule has 1 heterocycles. The van der Waals surface area contributed by atoms with Gasteiger partial charge in [-0.25, -0.2) is 0 Å². The Morgan fingerprint density at radius 3 is 2.91 bits per heavy atom. The van der Waals surface area contributed by atoms with Crippen LogP contribution in [-0.4, -0.2) is 54.7 Å². The van der Waals surface area contributed by atoms with Crippen LogP contribution in [-0.2, 0) is 9.53 Å². The van der Waals surface area contributed by atoms with Gasteiger partial charge in [0.1, 0.15) is 11.4 Å². The summed E-state index contributed by atoms with van der Waals surface area (Å²) in [7, 11) is 1.43. The molecule has 1 amide bonds. The Hall–Kier alpha value is -2.19. The summed E-state index contributed by atoms with van der Waals surface area (Å²) >= 11 is 0. The lowest BCUT2D eigenvalue weighted by Crippen LogP contribution is -2.50. The van der Waals surface area contributed by atoms with Crippen LogP contribution in [0, 0.1) is 10.1 Å². The molecule has 2 rings (SSSR count). The van der Waals surface area contributed by atoms with Crippen LogP contribution in [0.3, 0.4) is 0 Å². The molecule has 2 atom stereocenters. The number of hydrogen-bond donors (Lipinski definition) is 1. The van der Waals surface area contributed by atoms with Crippen LogP contribution < -0.4 is 10.1 Å². The monoisotopic (exact) mass is 323 g/mol. The van der Waals surface area contributed by atoms with Crippen molar-refractivity contribution < 1.29 is 19.2 Å². The van der Waals surface area contributed by atoms with Gasteiger partial charge in [-0.05, 0) is 26.0 Å². The fourth-order valence-corrected chi connectivity index (χ4v) is 2.46. The third kappa shape index (κ3) is 4.40. The van der Waals surface area contributed by atoms with Gasteiger partial charge in [0.25, 0.3) is 5.69 Å². The van der Waals surface area contributed by atoms with Gasteiger partial charge in [0.15, 0.2) is 0 Å². The molecule has 8 heteroatoms. The van der Waals surface area contributed by atoms with Crippen molar-refractivity contribution in [3.8, 4) is 5.75 Å². The van der Waals surface area contributed by atoms with Crippen LogP contribution in [0.4, 0.5) is 11.4 Å². The van der Waals surface area contributed by atoms with Crippen LogP contribution in [0.15, 0.2) is 18.2 Å². The zero-order valence-corrected chi connectivity index (χ0v) is 13.4. The molecule has 0 aliphatic carbocycles. The average molecular weight is 323 g/mol. The fourth-order valence-electron chi connectivity index (χ4n) is 2.46. The quantitative estimate of drug-likeness (QED) is 0.654. The van der Waals surface area contributed by atoms with Crippen LogP contribution >= 0.6 is 0 Å². The standard InChI is InChI=1S/C15H21N3O5/c1-10-9-23-11(2)7-17(10)8-15(19)16-13-5-4-12(22-3)6-14(13)18(20)21/h4-6,10-11H,7-9H2,1-3H3,(H,16,19). The van der Waals surface area contributed by atoms with E-state index in [0.717, 1.165) is 0 Å². The van der Waals surface area contributed by atoms with E-state index in [0.29, 0.717) is 18.9 Å². The van der Waals surface area contributed by atoms with Crippen molar-refractivity contribution in [3.05, 3.63) is 28.3 Å². The zero-order chi connectivity index (χ0) is 17.0. The minimum absolute atomic E-state index is 0.0642.